The summed E-state index contributed by atoms with van der Waals surface area (Å²) in [5, 5.41) is 0. The third-order valence-corrected chi connectivity index (χ3v) is 1.94. The van der Waals surface area contributed by atoms with E-state index >= 15 is 0 Å². The molecule has 0 unspecified atom stereocenters. The van der Waals surface area contributed by atoms with E-state index in [0.717, 1.165) is 18.5 Å². The van der Waals surface area contributed by atoms with Crippen molar-refractivity contribution in [2.24, 2.45) is 5.73 Å². The van der Waals surface area contributed by atoms with Gasteiger partial charge in [-0.2, -0.15) is 0 Å². The predicted octanol–water partition coefficient (Wildman–Crippen LogP) is 2.99. The molecule has 1 aliphatic carbocycles. The maximum absolute atomic E-state index is 5.71. The van der Waals surface area contributed by atoms with Crippen molar-refractivity contribution in [1.82, 2.24) is 0 Å². The number of allylic oxidation sites excluding steroid dienone is 4. The fraction of sp³-hybridized carbons (Fsp3) is 0.600. The molecular formula is C10H19N. The predicted molar refractivity (Wildman–Crippen MR) is 51.2 cm³/mol. The van der Waals surface area contributed by atoms with Crippen LogP contribution in [-0.2, 0) is 0 Å². The van der Waals surface area contributed by atoms with Crippen LogP contribution in [0.3, 0.4) is 0 Å². The quantitative estimate of drug-likeness (QED) is 0.569. The van der Waals surface area contributed by atoms with Crippen LogP contribution in [0, 0.1) is 0 Å². The van der Waals surface area contributed by atoms with E-state index in [2.05, 4.69) is 19.9 Å². The number of rotatable bonds is 0. The topological polar surface area (TPSA) is 26.0 Å². The second kappa shape index (κ2) is 5.00. The molecular weight excluding hydrogens is 134 g/mol. The minimum absolute atomic E-state index is 1.04. The first kappa shape index (κ1) is 10.3. The van der Waals surface area contributed by atoms with E-state index in [1.165, 1.54) is 11.1 Å². The molecule has 11 heavy (non-hydrogen) atoms. The Balaban J connectivity index is 0.000000461. The van der Waals surface area contributed by atoms with Gasteiger partial charge < -0.3 is 5.73 Å². The largest absolute Gasteiger partial charge is 0.402 e. The third-order valence-electron chi connectivity index (χ3n) is 1.94. The summed E-state index contributed by atoms with van der Waals surface area (Å²) in [5.41, 5.74) is 9.40. The molecule has 1 rings (SSSR count). The highest BCUT2D eigenvalue weighted by Crippen LogP contribution is 2.20. The zero-order valence-electron chi connectivity index (χ0n) is 8.07. The van der Waals surface area contributed by atoms with Crippen molar-refractivity contribution in [2.45, 2.75) is 40.5 Å². The standard InChI is InChI=1S/C8H13N.C2H6/c1-6-4-3-5-8(9)7(6)2;1-2/h4H,3,5,9H2,1-2H3;1-2H3. The van der Waals surface area contributed by atoms with Crippen molar-refractivity contribution in [3.05, 3.63) is 22.9 Å². The molecule has 1 aliphatic rings. The molecule has 64 valence electrons. The Bertz CT molecular complexity index is 175. The van der Waals surface area contributed by atoms with Crippen molar-refractivity contribution in [3.8, 4) is 0 Å². The molecule has 0 radical (unpaired) electrons. The van der Waals surface area contributed by atoms with Gasteiger partial charge in [-0.25, -0.2) is 0 Å². The summed E-state index contributed by atoms with van der Waals surface area (Å²) in [4.78, 5) is 0. The highest BCUT2D eigenvalue weighted by atomic mass is 14.6. The minimum Gasteiger partial charge on any atom is -0.402 e. The summed E-state index contributed by atoms with van der Waals surface area (Å²) >= 11 is 0. The third kappa shape index (κ3) is 2.79. The van der Waals surface area contributed by atoms with E-state index in [-0.39, 0.29) is 0 Å². The van der Waals surface area contributed by atoms with Crippen LogP contribution in [0.5, 0.6) is 0 Å². The fourth-order valence-corrected chi connectivity index (χ4v) is 1.04. The first-order valence-electron chi connectivity index (χ1n) is 4.34. The molecule has 1 nitrogen and oxygen atoms in total. The van der Waals surface area contributed by atoms with Crippen LogP contribution < -0.4 is 5.73 Å². The molecule has 0 aromatic heterocycles. The van der Waals surface area contributed by atoms with Crippen LogP contribution in [0.2, 0.25) is 0 Å². The Morgan fingerprint density at radius 1 is 1.27 bits per heavy atom. The van der Waals surface area contributed by atoms with Crippen molar-refractivity contribution in [2.75, 3.05) is 0 Å². The van der Waals surface area contributed by atoms with Gasteiger partial charge in [0, 0.05) is 5.70 Å². The molecule has 0 aliphatic heterocycles. The normalized spacial score (nSPS) is 16.9. The first-order valence-corrected chi connectivity index (χ1v) is 4.34. The number of hydrogen-bond donors (Lipinski definition) is 1. The Kier molecular flexibility index (Phi) is 4.67. The summed E-state index contributed by atoms with van der Waals surface area (Å²) in [5.74, 6) is 0. The van der Waals surface area contributed by atoms with E-state index in [1.807, 2.05) is 13.8 Å². The van der Waals surface area contributed by atoms with Crippen molar-refractivity contribution < 1.29 is 0 Å². The lowest BCUT2D eigenvalue weighted by Crippen LogP contribution is -2.04. The molecule has 2 N–H and O–H groups in total. The van der Waals surface area contributed by atoms with Gasteiger partial charge in [-0.1, -0.05) is 25.5 Å². The van der Waals surface area contributed by atoms with Crippen molar-refractivity contribution >= 4 is 0 Å². The molecule has 1 heteroatoms. The van der Waals surface area contributed by atoms with Gasteiger partial charge in [0.25, 0.3) is 0 Å². The Hall–Kier alpha value is -0.720. The summed E-state index contributed by atoms with van der Waals surface area (Å²) in [6.45, 7) is 8.20. The Labute approximate surface area is 70.0 Å². The van der Waals surface area contributed by atoms with E-state index in [1.54, 1.807) is 0 Å². The maximum atomic E-state index is 5.71. The first-order chi connectivity index (χ1) is 5.22. The monoisotopic (exact) mass is 153 g/mol. The van der Waals surface area contributed by atoms with Crippen LogP contribution >= 0.6 is 0 Å². The Morgan fingerprint density at radius 2 is 1.82 bits per heavy atom. The zero-order chi connectivity index (χ0) is 8.85. The molecule has 0 saturated carbocycles. The molecule has 0 aromatic rings. The average Bonchev–Trinajstić information content (AvgIpc) is 2.04. The van der Waals surface area contributed by atoms with Crippen molar-refractivity contribution in [3.63, 3.8) is 0 Å². The molecule has 0 saturated heterocycles. The van der Waals surface area contributed by atoms with Gasteiger partial charge in [0.15, 0.2) is 0 Å². The van der Waals surface area contributed by atoms with E-state index in [0.29, 0.717) is 0 Å². The molecule has 0 aromatic carbocycles. The van der Waals surface area contributed by atoms with Gasteiger partial charge in [0.2, 0.25) is 0 Å². The number of nitrogens with two attached hydrogens (primary N) is 1. The van der Waals surface area contributed by atoms with E-state index in [4.69, 9.17) is 5.73 Å². The fourth-order valence-electron chi connectivity index (χ4n) is 1.04. The SMILES string of the molecule is CC.CC1=CCCC(N)=C1C. The minimum atomic E-state index is 1.04. The average molecular weight is 153 g/mol. The molecule has 0 spiro atoms. The van der Waals surface area contributed by atoms with Gasteiger partial charge >= 0.3 is 0 Å². The smallest absolute Gasteiger partial charge is 0.0116 e. The molecule has 0 atom stereocenters. The lowest BCUT2D eigenvalue weighted by Gasteiger charge is -2.12. The summed E-state index contributed by atoms with van der Waals surface area (Å²) < 4.78 is 0. The lowest BCUT2D eigenvalue weighted by molar-refractivity contribution is 0.902. The molecule has 0 bridgehead atoms. The van der Waals surface area contributed by atoms with E-state index < -0.39 is 0 Å². The summed E-state index contributed by atoms with van der Waals surface area (Å²) in [6.07, 6.45) is 4.41. The van der Waals surface area contributed by atoms with Crippen LogP contribution in [0.1, 0.15) is 40.5 Å². The lowest BCUT2D eigenvalue weighted by atomic mass is 9.98. The summed E-state index contributed by atoms with van der Waals surface area (Å²) in [7, 11) is 0. The van der Waals surface area contributed by atoms with Gasteiger partial charge in [-0.05, 0) is 32.3 Å². The highest BCUT2D eigenvalue weighted by molar-refractivity contribution is 5.33. The second-order valence-electron chi connectivity index (χ2n) is 2.58. The zero-order valence-corrected chi connectivity index (χ0v) is 8.07. The number of hydrogen-bond acceptors (Lipinski definition) is 1. The van der Waals surface area contributed by atoms with Gasteiger partial charge in [0.1, 0.15) is 0 Å². The van der Waals surface area contributed by atoms with E-state index in [9.17, 15) is 0 Å². The van der Waals surface area contributed by atoms with Gasteiger partial charge in [-0.15, -0.1) is 0 Å². The van der Waals surface area contributed by atoms with Crippen LogP contribution in [0.15, 0.2) is 22.9 Å². The molecule has 0 amide bonds. The molecule has 0 heterocycles. The second-order valence-corrected chi connectivity index (χ2v) is 2.58. The maximum Gasteiger partial charge on any atom is 0.0116 e. The van der Waals surface area contributed by atoms with Gasteiger partial charge in [0.05, 0.1) is 0 Å². The highest BCUT2D eigenvalue weighted by Gasteiger charge is 2.03. The van der Waals surface area contributed by atoms with Crippen molar-refractivity contribution in [1.29, 1.82) is 0 Å². The summed E-state index contributed by atoms with van der Waals surface area (Å²) in [6, 6.07) is 0. The van der Waals surface area contributed by atoms with Crippen LogP contribution in [0.4, 0.5) is 0 Å². The van der Waals surface area contributed by atoms with Gasteiger partial charge in [-0.3, -0.25) is 0 Å². The molecule has 0 fully saturated rings. The van der Waals surface area contributed by atoms with Crippen LogP contribution in [-0.4, -0.2) is 0 Å². The van der Waals surface area contributed by atoms with Crippen LogP contribution in [0.25, 0.3) is 0 Å². The Morgan fingerprint density at radius 3 is 2.18 bits per heavy atom.